The van der Waals surface area contributed by atoms with Gasteiger partial charge in [0.2, 0.25) is 0 Å². The minimum atomic E-state index is 0. The lowest BCUT2D eigenvalue weighted by molar-refractivity contribution is 0.645. The molecule has 1 unspecified atom stereocenters. The van der Waals surface area contributed by atoms with Gasteiger partial charge in [0, 0.05) is 54.7 Å². The number of nitrogens with one attached hydrogen (secondary N) is 2. The number of hydrogen-bond donors (Lipinski definition) is 2. The van der Waals surface area contributed by atoms with E-state index in [0.29, 0.717) is 6.04 Å². The third-order valence-corrected chi connectivity index (χ3v) is 5.66. The number of benzene rings is 1. The molecule has 0 fully saturated rings. The van der Waals surface area contributed by atoms with Crippen LogP contribution in [-0.2, 0) is 19.5 Å². The topological polar surface area (TPSA) is 54.2 Å². The van der Waals surface area contributed by atoms with Crippen molar-refractivity contribution in [2.45, 2.75) is 46.3 Å². The van der Waals surface area contributed by atoms with Crippen molar-refractivity contribution in [1.29, 1.82) is 0 Å². The zero-order valence-corrected chi connectivity index (χ0v) is 20.6. The van der Waals surface area contributed by atoms with Crippen molar-refractivity contribution in [2.24, 2.45) is 4.99 Å². The first-order valence-electron chi connectivity index (χ1n) is 9.61. The van der Waals surface area contributed by atoms with Gasteiger partial charge in [0.25, 0.3) is 0 Å². The van der Waals surface area contributed by atoms with Crippen LogP contribution < -0.4 is 10.6 Å². The summed E-state index contributed by atoms with van der Waals surface area (Å²) in [5.41, 5.74) is 2.50. The Labute approximate surface area is 194 Å². The Morgan fingerprint density at radius 1 is 1.21 bits per heavy atom. The average Bonchev–Trinajstić information content (AvgIpc) is 3.27. The van der Waals surface area contributed by atoms with Crippen LogP contribution in [0.15, 0.2) is 53.8 Å². The number of aromatic nitrogens is 2. The number of imidazole rings is 1. The molecule has 0 aliphatic carbocycles. The summed E-state index contributed by atoms with van der Waals surface area (Å²) in [7, 11) is 1.82. The summed E-state index contributed by atoms with van der Waals surface area (Å²) in [5, 5.41) is 6.91. The van der Waals surface area contributed by atoms with Crippen LogP contribution in [0.5, 0.6) is 0 Å². The molecule has 29 heavy (non-hydrogen) atoms. The molecule has 0 radical (unpaired) electrons. The highest BCUT2D eigenvalue weighted by molar-refractivity contribution is 14.0. The van der Waals surface area contributed by atoms with Crippen molar-refractivity contribution < 1.29 is 0 Å². The van der Waals surface area contributed by atoms with Gasteiger partial charge in [-0.3, -0.25) is 4.99 Å². The van der Waals surface area contributed by atoms with Crippen LogP contribution in [0.25, 0.3) is 0 Å². The number of nitrogens with zero attached hydrogens (tertiary/aromatic N) is 3. The fraction of sp³-hybridized carbons (Fsp3) is 0.364. The molecule has 2 aromatic heterocycles. The van der Waals surface area contributed by atoms with Crippen molar-refractivity contribution in [3.05, 3.63) is 75.5 Å². The molecule has 0 amide bonds. The fourth-order valence-electron chi connectivity index (χ4n) is 3.17. The summed E-state index contributed by atoms with van der Waals surface area (Å²) in [6, 6.07) is 13.3. The van der Waals surface area contributed by atoms with E-state index in [-0.39, 0.29) is 24.0 Å². The van der Waals surface area contributed by atoms with E-state index in [1.54, 1.807) is 0 Å². The van der Waals surface area contributed by atoms with Gasteiger partial charge in [0.1, 0.15) is 5.82 Å². The Bertz CT molecular complexity index is 931. The first kappa shape index (κ1) is 23.4. The van der Waals surface area contributed by atoms with Crippen molar-refractivity contribution in [2.75, 3.05) is 7.05 Å². The summed E-state index contributed by atoms with van der Waals surface area (Å²) in [5.74, 6) is 1.86. The molecule has 0 bridgehead atoms. The van der Waals surface area contributed by atoms with Gasteiger partial charge in [-0.1, -0.05) is 24.3 Å². The van der Waals surface area contributed by atoms with Crippen molar-refractivity contribution in [3.8, 4) is 0 Å². The Morgan fingerprint density at radius 2 is 2.00 bits per heavy atom. The quantitative estimate of drug-likeness (QED) is 0.272. The van der Waals surface area contributed by atoms with Crippen LogP contribution in [0.1, 0.15) is 33.6 Å². The molecular weight excluding hydrogens is 493 g/mol. The summed E-state index contributed by atoms with van der Waals surface area (Å²) in [6.07, 6.45) is 4.86. The van der Waals surface area contributed by atoms with Gasteiger partial charge in [-0.2, -0.15) is 0 Å². The van der Waals surface area contributed by atoms with Crippen LogP contribution in [0.3, 0.4) is 0 Å². The Balaban J connectivity index is 0.00000300. The van der Waals surface area contributed by atoms with Crippen molar-refractivity contribution in [3.63, 3.8) is 0 Å². The molecule has 2 heterocycles. The van der Waals surface area contributed by atoms with Crippen LogP contribution in [-0.4, -0.2) is 28.6 Å². The van der Waals surface area contributed by atoms with E-state index >= 15 is 0 Å². The molecule has 0 saturated heterocycles. The molecule has 5 nitrogen and oxygen atoms in total. The Hall–Kier alpha value is -1.87. The lowest BCUT2D eigenvalue weighted by atomic mass is 10.1. The number of guanidine groups is 1. The SMILES string of the molecule is CN=C(NCc1cccc(Cn2ccnc2C)c1)NC(C)Cc1ccc(C)s1.I. The predicted molar refractivity (Wildman–Crippen MR) is 133 cm³/mol. The van der Waals surface area contributed by atoms with Gasteiger partial charge in [-0.05, 0) is 44.0 Å². The van der Waals surface area contributed by atoms with Crippen LogP contribution in [0.4, 0.5) is 0 Å². The maximum atomic E-state index is 4.37. The van der Waals surface area contributed by atoms with E-state index in [2.05, 4.69) is 75.4 Å². The third-order valence-electron chi connectivity index (χ3n) is 4.64. The van der Waals surface area contributed by atoms with E-state index < -0.39 is 0 Å². The smallest absolute Gasteiger partial charge is 0.191 e. The molecule has 1 aromatic carbocycles. The molecule has 156 valence electrons. The van der Waals surface area contributed by atoms with Crippen molar-refractivity contribution >= 4 is 41.3 Å². The minimum Gasteiger partial charge on any atom is -0.354 e. The molecule has 3 aromatic rings. The van der Waals surface area contributed by atoms with E-state index in [1.165, 1.54) is 20.9 Å². The van der Waals surface area contributed by atoms with E-state index in [9.17, 15) is 0 Å². The molecule has 0 saturated carbocycles. The van der Waals surface area contributed by atoms with Gasteiger partial charge in [0.05, 0.1) is 0 Å². The highest BCUT2D eigenvalue weighted by Crippen LogP contribution is 2.16. The number of aliphatic imine (C=N–C) groups is 1. The maximum Gasteiger partial charge on any atom is 0.191 e. The predicted octanol–water partition coefficient (Wildman–Crippen LogP) is 4.52. The largest absolute Gasteiger partial charge is 0.354 e. The molecule has 2 N–H and O–H groups in total. The van der Waals surface area contributed by atoms with Gasteiger partial charge in [-0.15, -0.1) is 35.3 Å². The zero-order valence-electron chi connectivity index (χ0n) is 17.5. The van der Waals surface area contributed by atoms with Gasteiger partial charge in [0.15, 0.2) is 5.96 Å². The Morgan fingerprint density at radius 3 is 2.66 bits per heavy atom. The van der Waals surface area contributed by atoms with Gasteiger partial charge >= 0.3 is 0 Å². The second-order valence-corrected chi connectivity index (χ2v) is 8.48. The second kappa shape index (κ2) is 11.3. The third kappa shape index (κ3) is 7.15. The number of thiophene rings is 1. The molecule has 7 heteroatoms. The Kier molecular flexibility index (Phi) is 9.16. The van der Waals surface area contributed by atoms with E-state index in [1.807, 2.05) is 37.7 Å². The first-order chi connectivity index (χ1) is 13.5. The van der Waals surface area contributed by atoms with E-state index in [0.717, 1.165) is 31.3 Å². The average molecular weight is 523 g/mol. The molecule has 0 aliphatic rings. The molecule has 0 spiro atoms. The lowest BCUT2D eigenvalue weighted by Gasteiger charge is -2.17. The van der Waals surface area contributed by atoms with Crippen LogP contribution in [0, 0.1) is 13.8 Å². The van der Waals surface area contributed by atoms with E-state index in [4.69, 9.17) is 0 Å². The van der Waals surface area contributed by atoms with Gasteiger partial charge < -0.3 is 15.2 Å². The highest BCUT2D eigenvalue weighted by atomic mass is 127. The van der Waals surface area contributed by atoms with Gasteiger partial charge in [-0.25, -0.2) is 4.98 Å². The summed E-state index contributed by atoms with van der Waals surface area (Å²) < 4.78 is 2.15. The number of halogens is 1. The molecule has 3 rings (SSSR count). The minimum absolute atomic E-state index is 0. The lowest BCUT2D eigenvalue weighted by Crippen LogP contribution is -2.42. The molecule has 0 aliphatic heterocycles. The zero-order chi connectivity index (χ0) is 19.9. The number of hydrogen-bond acceptors (Lipinski definition) is 3. The van der Waals surface area contributed by atoms with Crippen molar-refractivity contribution in [1.82, 2.24) is 20.2 Å². The summed E-state index contributed by atoms with van der Waals surface area (Å²) in [6.45, 7) is 7.94. The fourth-order valence-corrected chi connectivity index (χ4v) is 4.19. The number of aryl methyl sites for hydroxylation is 2. The monoisotopic (exact) mass is 523 g/mol. The summed E-state index contributed by atoms with van der Waals surface area (Å²) in [4.78, 5) is 11.4. The first-order valence-corrected chi connectivity index (χ1v) is 10.4. The normalized spacial score (nSPS) is 12.3. The number of rotatable bonds is 7. The maximum absolute atomic E-state index is 4.37. The van der Waals surface area contributed by atoms with Crippen LogP contribution in [0.2, 0.25) is 0 Å². The standard InChI is InChI=1S/C22H29N5S.HI/c1-16(12-21-9-8-17(2)28-21)26-22(23-4)25-14-19-6-5-7-20(13-19)15-27-11-10-24-18(27)3;/h5-11,13,16H,12,14-15H2,1-4H3,(H2,23,25,26);1H. The highest BCUT2D eigenvalue weighted by Gasteiger charge is 2.08. The molecular formula is C22H30IN5S. The summed E-state index contributed by atoms with van der Waals surface area (Å²) >= 11 is 1.86. The van der Waals surface area contributed by atoms with Crippen LogP contribution >= 0.6 is 35.3 Å². The molecule has 1 atom stereocenters. The second-order valence-electron chi connectivity index (χ2n) is 7.11.